The van der Waals surface area contributed by atoms with Crippen LogP contribution in [0, 0.1) is 5.92 Å². The van der Waals surface area contributed by atoms with Gasteiger partial charge in [0.1, 0.15) is 0 Å². The van der Waals surface area contributed by atoms with Gasteiger partial charge in [0.25, 0.3) is 0 Å². The molecule has 0 saturated carbocycles. The average Bonchev–Trinajstić information content (AvgIpc) is 2.88. The van der Waals surface area contributed by atoms with Crippen LogP contribution in [0.4, 0.5) is 0 Å². The first kappa shape index (κ1) is 9.16. The molecule has 0 amide bonds. The number of hydrogen-bond acceptors (Lipinski definition) is 3. The second kappa shape index (κ2) is 3.20. The fourth-order valence-corrected chi connectivity index (χ4v) is 2.97. The highest BCUT2D eigenvalue weighted by Gasteiger charge is 2.45. The molecule has 2 bridgehead atoms. The smallest absolute Gasteiger partial charge is 0.333 e. The van der Waals surface area contributed by atoms with Gasteiger partial charge in [-0.25, -0.2) is 4.79 Å². The van der Waals surface area contributed by atoms with E-state index in [1.165, 1.54) is 12.7 Å². The van der Waals surface area contributed by atoms with Crippen molar-refractivity contribution in [1.82, 2.24) is 0 Å². The topological polar surface area (TPSA) is 35.5 Å². The predicted octanol–water partition coefficient (Wildman–Crippen LogP) is 1.59. The molecule has 3 aliphatic rings. The van der Waals surface area contributed by atoms with Crippen LogP contribution in [-0.4, -0.2) is 25.3 Å². The molecule has 0 N–H and O–H groups in total. The van der Waals surface area contributed by atoms with Gasteiger partial charge in [0.05, 0.1) is 19.3 Å². The molecular formula is C12H14O3. The number of ether oxygens (including phenoxy) is 2. The van der Waals surface area contributed by atoms with Gasteiger partial charge in [0.2, 0.25) is 0 Å². The molecule has 3 heteroatoms. The largest absolute Gasteiger partial charge is 0.466 e. The van der Waals surface area contributed by atoms with E-state index in [0.717, 1.165) is 24.8 Å². The zero-order valence-corrected chi connectivity index (χ0v) is 8.73. The minimum Gasteiger partial charge on any atom is -0.466 e. The molecule has 0 unspecified atom stereocenters. The molecule has 3 nitrogen and oxygen atoms in total. The number of methoxy groups -OCH3 is 1. The van der Waals surface area contributed by atoms with Crippen molar-refractivity contribution in [3.05, 3.63) is 23.3 Å². The lowest BCUT2D eigenvalue weighted by molar-refractivity contribution is -0.136. The van der Waals surface area contributed by atoms with E-state index in [0.29, 0.717) is 5.92 Å². The van der Waals surface area contributed by atoms with Gasteiger partial charge in [-0.15, -0.1) is 0 Å². The average molecular weight is 206 g/mol. The molecular weight excluding hydrogens is 192 g/mol. The van der Waals surface area contributed by atoms with Gasteiger partial charge in [-0.2, -0.15) is 0 Å². The molecule has 2 heterocycles. The molecule has 1 fully saturated rings. The number of hydrogen-bond donors (Lipinski definition) is 0. The van der Waals surface area contributed by atoms with E-state index in [-0.39, 0.29) is 18.2 Å². The molecule has 3 rings (SSSR count). The molecule has 1 saturated heterocycles. The molecule has 1 aliphatic carbocycles. The molecule has 0 aromatic carbocycles. The van der Waals surface area contributed by atoms with E-state index in [2.05, 4.69) is 12.2 Å². The number of rotatable bonds is 1. The predicted molar refractivity (Wildman–Crippen MR) is 54.2 cm³/mol. The normalized spacial score (nSPS) is 37.0. The minimum atomic E-state index is -0.167. The lowest BCUT2D eigenvalue weighted by Crippen LogP contribution is -2.24. The van der Waals surface area contributed by atoms with Gasteiger partial charge in [-0.3, -0.25) is 0 Å². The van der Waals surface area contributed by atoms with Crippen molar-refractivity contribution < 1.29 is 14.3 Å². The fourth-order valence-electron chi connectivity index (χ4n) is 2.97. The highest BCUT2D eigenvalue weighted by Crippen LogP contribution is 2.46. The molecule has 0 radical (unpaired) electrons. The first-order valence-electron chi connectivity index (χ1n) is 5.46. The fraction of sp³-hybridized carbons (Fsp3) is 0.583. The van der Waals surface area contributed by atoms with Gasteiger partial charge in [0.15, 0.2) is 0 Å². The van der Waals surface area contributed by atoms with Crippen molar-refractivity contribution in [2.75, 3.05) is 7.11 Å². The number of carbonyl (C=O) groups is 1. The maximum absolute atomic E-state index is 11.6. The highest BCUT2D eigenvalue weighted by molar-refractivity contribution is 5.90. The first-order chi connectivity index (χ1) is 7.31. The van der Waals surface area contributed by atoms with Crippen LogP contribution in [0.1, 0.15) is 19.3 Å². The third-order valence-corrected chi connectivity index (χ3v) is 3.60. The van der Waals surface area contributed by atoms with Crippen LogP contribution in [0.2, 0.25) is 0 Å². The van der Waals surface area contributed by atoms with Gasteiger partial charge in [0, 0.05) is 11.5 Å². The Kier molecular flexibility index (Phi) is 1.96. The molecule has 3 atom stereocenters. The summed E-state index contributed by atoms with van der Waals surface area (Å²) in [7, 11) is 1.45. The van der Waals surface area contributed by atoms with Crippen molar-refractivity contribution in [1.29, 1.82) is 0 Å². The van der Waals surface area contributed by atoms with Crippen LogP contribution in [0.25, 0.3) is 0 Å². The van der Waals surface area contributed by atoms with Crippen LogP contribution >= 0.6 is 0 Å². The Hall–Kier alpha value is -1.09. The molecule has 15 heavy (non-hydrogen) atoms. The standard InChI is InChI=1S/C12H14O3/c1-14-12(13)8-4-2-3-7-9-5-6-10(15-9)11(7)8/h5-7,9-10H,2-4H2,1H3/t7-,9+,10-/m0/s1. The Bertz CT molecular complexity index is 367. The second-order valence-electron chi connectivity index (χ2n) is 4.33. The van der Waals surface area contributed by atoms with Crippen LogP contribution in [-0.2, 0) is 14.3 Å². The second-order valence-corrected chi connectivity index (χ2v) is 4.33. The Balaban J connectivity index is 2.04. The Morgan fingerprint density at radius 2 is 2.40 bits per heavy atom. The first-order valence-corrected chi connectivity index (χ1v) is 5.46. The summed E-state index contributed by atoms with van der Waals surface area (Å²) >= 11 is 0. The van der Waals surface area contributed by atoms with Gasteiger partial charge < -0.3 is 9.47 Å². The Labute approximate surface area is 88.7 Å². The summed E-state index contributed by atoms with van der Waals surface area (Å²) in [5.41, 5.74) is 2.06. The number of esters is 1. The summed E-state index contributed by atoms with van der Waals surface area (Å²) in [6, 6.07) is 0. The van der Waals surface area contributed by atoms with Crippen LogP contribution in [0.5, 0.6) is 0 Å². The van der Waals surface area contributed by atoms with E-state index in [1.807, 2.05) is 0 Å². The summed E-state index contributed by atoms with van der Waals surface area (Å²) in [4.78, 5) is 11.6. The summed E-state index contributed by atoms with van der Waals surface area (Å²) < 4.78 is 10.6. The van der Waals surface area contributed by atoms with E-state index in [1.54, 1.807) is 0 Å². The monoisotopic (exact) mass is 206 g/mol. The van der Waals surface area contributed by atoms with Crippen molar-refractivity contribution in [2.45, 2.75) is 31.5 Å². The van der Waals surface area contributed by atoms with E-state index in [4.69, 9.17) is 9.47 Å². The summed E-state index contributed by atoms with van der Waals surface area (Å²) in [5.74, 6) is 0.266. The van der Waals surface area contributed by atoms with Gasteiger partial charge in [-0.1, -0.05) is 12.2 Å². The maximum Gasteiger partial charge on any atom is 0.333 e. The van der Waals surface area contributed by atoms with E-state index >= 15 is 0 Å². The lowest BCUT2D eigenvalue weighted by Gasteiger charge is -2.25. The van der Waals surface area contributed by atoms with E-state index in [9.17, 15) is 4.79 Å². The van der Waals surface area contributed by atoms with Crippen LogP contribution < -0.4 is 0 Å². The molecule has 80 valence electrons. The quantitative estimate of drug-likeness (QED) is 0.483. The number of fused-ring (bicyclic) bond motifs is 5. The van der Waals surface area contributed by atoms with Crippen molar-refractivity contribution in [2.24, 2.45) is 5.92 Å². The van der Waals surface area contributed by atoms with Crippen molar-refractivity contribution in [3.63, 3.8) is 0 Å². The molecule has 0 spiro atoms. The zero-order chi connectivity index (χ0) is 10.4. The summed E-state index contributed by atoms with van der Waals surface area (Å²) in [5, 5.41) is 0. The third-order valence-electron chi connectivity index (χ3n) is 3.60. The molecule has 0 aromatic heterocycles. The van der Waals surface area contributed by atoms with Crippen LogP contribution in [0.3, 0.4) is 0 Å². The Morgan fingerprint density at radius 1 is 1.53 bits per heavy atom. The summed E-state index contributed by atoms with van der Waals surface area (Å²) in [6.45, 7) is 0. The highest BCUT2D eigenvalue weighted by atomic mass is 16.5. The zero-order valence-electron chi connectivity index (χ0n) is 8.73. The summed E-state index contributed by atoms with van der Waals surface area (Å²) in [6.07, 6.45) is 7.50. The SMILES string of the molecule is COC(=O)C1=C2[C@@H]3C=C[C@@H](O3)[C@@H]2CCC1. The minimum absolute atomic E-state index is 0.0504. The number of carbonyl (C=O) groups excluding carboxylic acids is 1. The lowest BCUT2D eigenvalue weighted by atomic mass is 9.77. The van der Waals surface area contributed by atoms with Gasteiger partial charge >= 0.3 is 5.97 Å². The Morgan fingerprint density at radius 3 is 3.20 bits per heavy atom. The molecule has 0 aromatic rings. The van der Waals surface area contributed by atoms with Crippen molar-refractivity contribution in [3.8, 4) is 0 Å². The van der Waals surface area contributed by atoms with Crippen molar-refractivity contribution >= 4 is 5.97 Å². The van der Waals surface area contributed by atoms with Crippen LogP contribution in [0.15, 0.2) is 23.3 Å². The maximum atomic E-state index is 11.6. The third kappa shape index (κ3) is 1.19. The van der Waals surface area contributed by atoms with E-state index < -0.39 is 0 Å². The van der Waals surface area contributed by atoms with Gasteiger partial charge in [-0.05, 0) is 24.8 Å². The molecule has 2 aliphatic heterocycles.